The van der Waals surface area contributed by atoms with Crippen molar-refractivity contribution in [2.24, 2.45) is 7.05 Å². The maximum Gasteiger partial charge on any atom is 0.410 e. The number of imidazole rings is 1. The molecule has 4 aromatic heterocycles. The lowest BCUT2D eigenvalue weighted by atomic mass is 10.1. The van der Waals surface area contributed by atoms with Crippen molar-refractivity contribution in [2.75, 3.05) is 30.3 Å². The van der Waals surface area contributed by atoms with Gasteiger partial charge in [0, 0.05) is 43.7 Å². The fourth-order valence-electron chi connectivity index (χ4n) is 4.59. The van der Waals surface area contributed by atoms with Gasteiger partial charge in [0.25, 0.3) is 0 Å². The lowest BCUT2D eigenvalue weighted by molar-refractivity contribution is 0.0273. The molecule has 6 heterocycles. The van der Waals surface area contributed by atoms with Crippen LogP contribution in [0.4, 0.5) is 20.6 Å². The summed E-state index contributed by atoms with van der Waals surface area (Å²) in [6.45, 7) is 7.50. The molecule has 0 fully saturated rings. The van der Waals surface area contributed by atoms with E-state index in [0.717, 1.165) is 51.1 Å². The van der Waals surface area contributed by atoms with Crippen LogP contribution in [-0.4, -0.2) is 60.4 Å². The van der Waals surface area contributed by atoms with E-state index in [1.807, 2.05) is 57.0 Å². The average molecular weight is 531 g/mol. The van der Waals surface area contributed by atoms with Crippen molar-refractivity contribution in [3.05, 3.63) is 54.3 Å². The summed E-state index contributed by atoms with van der Waals surface area (Å²) in [5.41, 5.74) is 4.92. The Kier molecular flexibility index (Phi) is 5.94. The number of amides is 1. The van der Waals surface area contributed by atoms with Gasteiger partial charge in [-0.15, -0.1) is 11.3 Å². The van der Waals surface area contributed by atoms with Crippen LogP contribution in [0.15, 0.2) is 43.0 Å². The topological polar surface area (TPSA) is 102 Å². The highest BCUT2D eigenvalue weighted by atomic mass is 32.1. The van der Waals surface area contributed by atoms with Gasteiger partial charge in [0.15, 0.2) is 11.5 Å². The number of fused-ring (bicyclic) bond motifs is 2. The Bertz CT molecular complexity index is 1590. The maximum atomic E-state index is 12.8. The van der Waals surface area contributed by atoms with Crippen LogP contribution in [0.25, 0.3) is 28.6 Å². The van der Waals surface area contributed by atoms with Crippen LogP contribution in [0.3, 0.4) is 0 Å². The van der Waals surface area contributed by atoms with Crippen molar-refractivity contribution in [1.82, 2.24) is 29.0 Å². The predicted molar refractivity (Wildman–Crippen MR) is 151 cm³/mol. The summed E-state index contributed by atoms with van der Waals surface area (Å²) in [6.07, 6.45) is 14.4. The molecule has 6 rings (SSSR count). The highest BCUT2D eigenvalue weighted by molar-refractivity contribution is 7.20. The third kappa shape index (κ3) is 4.76. The van der Waals surface area contributed by atoms with Gasteiger partial charge in [-0.25, -0.2) is 14.8 Å². The minimum absolute atomic E-state index is 0.314. The Morgan fingerprint density at radius 1 is 1.24 bits per heavy atom. The lowest BCUT2D eigenvalue weighted by Crippen LogP contribution is -2.39. The number of aromatic nitrogens is 5. The number of anilines is 3. The number of hydrogen-bond acceptors (Lipinski definition) is 8. The first-order valence-corrected chi connectivity index (χ1v) is 13.4. The Balaban J connectivity index is 1.40. The normalized spacial score (nSPS) is 15.3. The largest absolute Gasteiger partial charge is 0.444 e. The Morgan fingerprint density at radius 3 is 2.87 bits per heavy atom. The molecule has 0 aromatic carbocycles. The van der Waals surface area contributed by atoms with Crippen LogP contribution >= 0.6 is 11.3 Å². The van der Waals surface area contributed by atoms with Gasteiger partial charge in [-0.1, -0.05) is 18.2 Å². The molecule has 0 aliphatic carbocycles. The van der Waals surface area contributed by atoms with Gasteiger partial charge in [-0.2, -0.15) is 5.10 Å². The number of carbonyl (C=O) groups is 1. The number of carbonyl (C=O) groups excluding carboxylic acids is 1. The summed E-state index contributed by atoms with van der Waals surface area (Å²) in [7, 11) is 1.89. The predicted octanol–water partition coefficient (Wildman–Crippen LogP) is 5.40. The summed E-state index contributed by atoms with van der Waals surface area (Å²) in [5.74, 6) is 0.649. The molecular formula is C27H30N8O2S. The zero-order chi connectivity index (χ0) is 26.4. The first kappa shape index (κ1) is 24.2. The van der Waals surface area contributed by atoms with E-state index in [1.165, 1.54) is 0 Å². The average Bonchev–Trinajstić information content (AvgIpc) is 3.60. The lowest BCUT2D eigenvalue weighted by Gasteiger charge is -2.30. The molecule has 0 bridgehead atoms. The third-order valence-corrected chi connectivity index (χ3v) is 7.33. The molecule has 2 N–H and O–H groups in total. The van der Waals surface area contributed by atoms with Gasteiger partial charge in [0.05, 0.1) is 40.3 Å². The minimum Gasteiger partial charge on any atom is -0.444 e. The fraction of sp³-hybridized carbons (Fsp3) is 0.333. The first-order valence-electron chi connectivity index (χ1n) is 12.6. The van der Waals surface area contributed by atoms with E-state index in [-0.39, 0.29) is 6.09 Å². The maximum absolute atomic E-state index is 12.8. The van der Waals surface area contributed by atoms with E-state index in [9.17, 15) is 4.79 Å². The van der Waals surface area contributed by atoms with Gasteiger partial charge < -0.3 is 20.3 Å². The van der Waals surface area contributed by atoms with Crippen molar-refractivity contribution in [3.8, 4) is 11.3 Å². The van der Waals surface area contributed by atoms with Crippen molar-refractivity contribution in [3.63, 3.8) is 0 Å². The molecule has 0 saturated heterocycles. The third-order valence-electron chi connectivity index (χ3n) is 6.30. The second-order valence-corrected chi connectivity index (χ2v) is 11.5. The van der Waals surface area contributed by atoms with Crippen molar-refractivity contribution in [2.45, 2.75) is 32.8 Å². The molecule has 0 spiro atoms. The molecule has 1 amide bonds. The van der Waals surface area contributed by atoms with E-state index < -0.39 is 5.60 Å². The summed E-state index contributed by atoms with van der Waals surface area (Å²) < 4.78 is 9.45. The van der Waals surface area contributed by atoms with Crippen LogP contribution in [0.1, 0.15) is 38.4 Å². The van der Waals surface area contributed by atoms with Crippen LogP contribution in [0, 0.1) is 0 Å². The summed E-state index contributed by atoms with van der Waals surface area (Å²) in [6, 6.07) is 2.11. The van der Waals surface area contributed by atoms with E-state index in [0.29, 0.717) is 24.6 Å². The fourth-order valence-corrected chi connectivity index (χ4v) is 5.54. The van der Waals surface area contributed by atoms with Gasteiger partial charge in [-0.05, 0) is 38.8 Å². The molecule has 10 nitrogen and oxygen atoms in total. The molecule has 4 aromatic rings. The quantitative estimate of drug-likeness (QED) is 0.364. The number of ether oxygens (including phenoxy) is 1. The first-order chi connectivity index (χ1) is 18.2. The standard InChI is InChI=1S/C27H30N8O2S/c1-27(2,3)37-26(36)34-10-6-8-18(15-34)20-16-35-21(19-12-30-33(4)14-19)13-29-24(35)23(31-20)32-22-11-17-7-5-9-28-25(17)38-22/h5,7-8,11-14,16,28H,6,9-10,15H2,1-4H3,(H,31,32). The molecule has 2 aliphatic heterocycles. The Labute approximate surface area is 224 Å². The number of rotatable bonds is 4. The zero-order valence-corrected chi connectivity index (χ0v) is 22.7. The van der Waals surface area contributed by atoms with E-state index >= 15 is 0 Å². The van der Waals surface area contributed by atoms with Crippen molar-refractivity contribution >= 4 is 50.5 Å². The highest BCUT2D eigenvalue weighted by Crippen LogP contribution is 2.37. The number of hydrogen-bond donors (Lipinski definition) is 2. The summed E-state index contributed by atoms with van der Waals surface area (Å²) in [4.78, 5) is 24.3. The van der Waals surface area contributed by atoms with Crippen LogP contribution < -0.4 is 10.6 Å². The number of aryl methyl sites for hydroxylation is 1. The van der Waals surface area contributed by atoms with Crippen molar-refractivity contribution < 1.29 is 9.53 Å². The highest BCUT2D eigenvalue weighted by Gasteiger charge is 2.26. The zero-order valence-electron chi connectivity index (χ0n) is 21.9. The SMILES string of the molecule is Cn1cc(-c2cnc3c(Nc4cc5c(s4)NCC=C5)nc(C4=CCCN(C(=O)OC(C)(C)C)C4)cn23)cn1. The summed E-state index contributed by atoms with van der Waals surface area (Å²) in [5, 5.41) is 13.4. The molecule has 2 aliphatic rings. The monoisotopic (exact) mass is 530 g/mol. The second-order valence-electron chi connectivity index (χ2n) is 10.4. The van der Waals surface area contributed by atoms with Gasteiger partial charge in [-0.3, -0.25) is 9.08 Å². The Hall–Kier alpha value is -4.12. The number of nitrogens with zero attached hydrogens (tertiary/aromatic N) is 6. The van der Waals surface area contributed by atoms with Gasteiger partial charge in [0.1, 0.15) is 5.60 Å². The van der Waals surface area contributed by atoms with Crippen LogP contribution in [0.2, 0.25) is 0 Å². The van der Waals surface area contributed by atoms with Crippen LogP contribution in [0.5, 0.6) is 0 Å². The van der Waals surface area contributed by atoms with E-state index in [1.54, 1.807) is 20.9 Å². The molecule has 0 unspecified atom stereocenters. The molecule has 11 heteroatoms. The second kappa shape index (κ2) is 9.32. The van der Waals surface area contributed by atoms with E-state index in [4.69, 9.17) is 14.7 Å². The molecule has 38 heavy (non-hydrogen) atoms. The summed E-state index contributed by atoms with van der Waals surface area (Å²) >= 11 is 1.65. The molecular weight excluding hydrogens is 500 g/mol. The Morgan fingerprint density at radius 2 is 2.11 bits per heavy atom. The van der Waals surface area contributed by atoms with Crippen LogP contribution in [-0.2, 0) is 11.8 Å². The van der Waals surface area contributed by atoms with Crippen molar-refractivity contribution in [1.29, 1.82) is 0 Å². The number of nitrogens with one attached hydrogen (secondary N) is 2. The molecule has 0 radical (unpaired) electrons. The van der Waals surface area contributed by atoms with E-state index in [2.05, 4.69) is 40.0 Å². The molecule has 0 atom stereocenters. The van der Waals surface area contributed by atoms with Gasteiger partial charge >= 0.3 is 6.09 Å². The number of thiophene rings is 1. The molecule has 0 saturated carbocycles. The molecule has 196 valence electrons. The smallest absolute Gasteiger partial charge is 0.410 e. The minimum atomic E-state index is -0.550. The van der Waals surface area contributed by atoms with Gasteiger partial charge in [0.2, 0.25) is 0 Å².